The minimum atomic E-state index is -0.490. The van der Waals surface area contributed by atoms with Gasteiger partial charge >= 0.3 is 0 Å². The lowest BCUT2D eigenvalue weighted by Crippen LogP contribution is -2.46. The molecule has 1 aliphatic rings. The van der Waals surface area contributed by atoms with E-state index < -0.39 is 5.25 Å². The summed E-state index contributed by atoms with van der Waals surface area (Å²) < 4.78 is 0. The number of hydrogen-bond acceptors (Lipinski definition) is 4. The maximum absolute atomic E-state index is 12.0. The third-order valence-corrected chi connectivity index (χ3v) is 4.31. The molecule has 0 radical (unpaired) electrons. The summed E-state index contributed by atoms with van der Waals surface area (Å²) in [6, 6.07) is 7.46. The van der Waals surface area contributed by atoms with E-state index >= 15 is 0 Å². The van der Waals surface area contributed by atoms with Crippen molar-refractivity contribution in [3.05, 3.63) is 24.3 Å². The summed E-state index contributed by atoms with van der Waals surface area (Å²) in [5, 5.41) is 7.62. The van der Waals surface area contributed by atoms with Gasteiger partial charge in [0, 0.05) is 16.9 Å². The molecule has 1 aliphatic heterocycles. The van der Waals surface area contributed by atoms with E-state index in [-0.39, 0.29) is 36.2 Å². The Labute approximate surface area is 139 Å². The van der Waals surface area contributed by atoms with Crippen LogP contribution in [0.5, 0.6) is 0 Å². The van der Waals surface area contributed by atoms with Gasteiger partial charge in [0.1, 0.15) is 0 Å². The van der Waals surface area contributed by atoms with E-state index in [1.54, 1.807) is 0 Å². The molecule has 1 atom stereocenters. The number of anilines is 1. The second-order valence-corrected chi connectivity index (χ2v) is 7.62. The normalized spacial score (nSPS) is 17.0. The quantitative estimate of drug-likeness (QED) is 0.778. The van der Waals surface area contributed by atoms with Crippen molar-refractivity contribution in [3.8, 4) is 0 Å². The van der Waals surface area contributed by atoms with E-state index in [1.807, 2.05) is 45.0 Å². The first-order chi connectivity index (χ1) is 10.7. The summed E-state index contributed by atoms with van der Waals surface area (Å²) >= 11 is 1.36. The molecule has 0 aliphatic carbocycles. The van der Waals surface area contributed by atoms with E-state index in [0.717, 1.165) is 10.6 Å². The zero-order valence-electron chi connectivity index (χ0n) is 13.4. The van der Waals surface area contributed by atoms with E-state index in [9.17, 15) is 14.4 Å². The van der Waals surface area contributed by atoms with Crippen molar-refractivity contribution in [2.45, 2.75) is 42.9 Å². The van der Waals surface area contributed by atoms with E-state index in [4.69, 9.17) is 0 Å². The number of carbonyl (C=O) groups excluding carboxylic acids is 3. The molecule has 0 spiro atoms. The molecule has 1 aromatic carbocycles. The van der Waals surface area contributed by atoms with E-state index in [1.165, 1.54) is 11.8 Å². The van der Waals surface area contributed by atoms with Crippen LogP contribution in [0.4, 0.5) is 5.69 Å². The lowest BCUT2D eigenvalue weighted by Gasteiger charge is -2.24. The Balaban J connectivity index is 1.84. The van der Waals surface area contributed by atoms with Crippen molar-refractivity contribution in [3.63, 3.8) is 0 Å². The summed E-state index contributed by atoms with van der Waals surface area (Å²) in [4.78, 5) is 36.6. The number of hydrogen-bond donors (Lipinski definition) is 3. The number of rotatable bonds is 4. The fraction of sp³-hybridized carbons (Fsp3) is 0.438. The van der Waals surface area contributed by atoms with Crippen LogP contribution in [0.2, 0.25) is 0 Å². The molecule has 23 heavy (non-hydrogen) atoms. The first-order valence-electron chi connectivity index (χ1n) is 7.39. The van der Waals surface area contributed by atoms with Gasteiger partial charge in [-0.1, -0.05) is 12.1 Å². The van der Waals surface area contributed by atoms with Gasteiger partial charge in [-0.25, -0.2) is 0 Å². The Morgan fingerprint density at radius 1 is 1.22 bits per heavy atom. The molecule has 0 saturated heterocycles. The first kappa shape index (κ1) is 17.3. The predicted octanol–water partition coefficient (Wildman–Crippen LogP) is 1.52. The molecule has 0 aromatic heterocycles. The number of benzene rings is 1. The van der Waals surface area contributed by atoms with Crippen LogP contribution >= 0.6 is 11.8 Å². The van der Waals surface area contributed by atoms with Crippen molar-refractivity contribution in [1.29, 1.82) is 0 Å². The van der Waals surface area contributed by atoms with Gasteiger partial charge in [-0.2, -0.15) is 0 Å². The summed E-state index contributed by atoms with van der Waals surface area (Å²) in [7, 11) is 0. The summed E-state index contributed by atoms with van der Waals surface area (Å²) in [6.07, 6.45) is 0.0353. The molecule has 1 aromatic rings. The molecule has 6 nitrogen and oxygen atoms in total. The van der Waals surface area contributed by atoms with Crippen molar-refractivity contribution >= 4 is 35.2 Å². The third-order valence-electron chi connectivity index (χ3n) is 3.04. The Hall–Kier alpha value is -2.02. The van der Waals surface area contributed by atoms with Gasteiger partial charge in [-0.3, -0.25) is 14.4 Å². The highest BCUT2D eigenvalue weighted by atomic mass is 32.2. The molecule has 0 fully saturated rings. The molecule has 0 unspecified atom stereocenters. The average molecular weight is 335 g/mol. The van der Waals surface area contributed by atoms with Crippen molar-refractivity contribution in [2.24, 2.45) is 0 Å². The lowest BCUT2D eigenvalue weighted by atomic mass is 10.1. The predicted molar refractivity (Wildman–Crippen MR) is 90.2 cm³/mol. The summed E-state index contributed by atoms with van der Waals surface area (Å²) in [5.74, 6) is -0.763. The summed E-state index contributed by atoms with van der Waals surface area (Å²) in [5.41, 5.74) is 0.425. The van der Waals surface area contributed by atoms with Crippen LogP contribution in [-0.4, -0.2) is 35.1 Å². The second kappa shape index (κ2) is 7.04. The molecule has 3 amide bonds. The fourth-order valence-electron chi connectivity index (χ4n) is 2.11. The molecule has 0 bridgehead atoms. The lowest BCUT2D eigenvalue weighted by molar-refractivity contribution is -0.127. The minimum Gasteiger partial charge on any atom is -0.350 e. The fourth-order valence-corrected chi connectivity index (χ4v) is 3.22. The van der Waals surface area contributed by atoms with Crippen LogP contribution < -0.4 is 16.0 Å². The standard InChI is InChI=1S/C16H21N3O3S/c1-16(2,3)19-14(21)9-17-13(20)8-12-15(22)18-10-6-4-5-7-11(10)23-12/h4-7,12H,8-9H2,1-3H3,(H,17,20)(H,18,22)(H,19,21)/t12-/m0/s1. The SMILES string of the molecule is CC(C)(C)NC(=O)CNC(=O)C[C@@H]1Sc2ccccc2NC1=O. The molecule has 1 heterocycles. The zero-order valence-corrected chi connectivity index (χ0v) is 14.3. The number of amides is 3. The number of nitrogens with one attached hydrogen (secondary N) is 3. The van der Waals surface area contributed by atoms with Gasteiger partial charge in [0.2, 0.25) is 17.7 Å². The van der Waals surface area contributed by atoms with Gasteiger partial charge in [0.25, 0.3) is 0 Å². The molecule has 124 valence electrons. The minimum absolute atomic E-state index is 0.0353. The molecule has 2 rings (SSSR count). The van der Waals surface area contributed by atoms with Gasteiger partial charge < -0.3 is 16.0 Å². The molecule has 0 saturated carbocycles. The van der Waals surface area contributed by atoms with Crippen molar-refractivity contribution < 1.29 is 14.4 Å². The molecular weight excluding hydrogens is 314 g/mol. The van der Waals surface area contributed by atoms with Gasteiger partial charge in [0.15, 0.2) is 0 Å². The van der Waals surface area contributed by atoms with E-state index in [2.05, 4.69) is 16.0 Å². The first-order valence-corrected chi connectivity index (χ1v) is 8.27. The Bertz CT molecular complexity index is 625. The maximum Gasteiger partial charge on any atom is 0.239 e. The molecule has 3 N–H and O–H groups in total. The molecular formula is C16H21N3O3S. The smallest absolute Gasteiger partial charge is 0.239 e. The summed E-state index contributed by atoms with van der Waals surface area (Å²) in [6.45, 7) is 5.51. The van der Waals surface area contributed by atoms with Gasteiger partial charge in [-0.05, 0) is 32.9 Å². The van der Waals surface area contributed by atoms with Crippen molar-refractivity contribution in [1.82, 2.24) is 10.6 Å². The Kier molecular flexibility index (Phi) is 5.30. The highest BCUT2D eigenvalue weighted by Gasteiger charge is 2.28. The van der Waals surface area contributed by atoms with Gasteiger partial charge in [0.05, 0.1) is 17.5 Å². The highest BCUT2D eigenvalue weighted by molar-refractivity contribution is 8.01. The van der Waals surface area contributed by atoms with E-state index in [0.29, 0.717) is 0 Å². The van der Waals surface area contributed by atoms with Crippen LogP contribution in [0.25, 0.3) is 0 Å². The number of para-hydroxylation sites is 1. The largest absolute Gasteiger partial charge is 0.350 e. The number of thioether (sulfide) groups is 1. The van der Waals surface area contributed by atoms with Crippen LogP contribution in [0.3, 0.4) is 0 Å². The average Bonchev–Trinajstić information content (AvgIpc) is 2.44. The van der Waals surface area contributed by atoms with Crippen LogP contribution in [0, 0.1) is 0 Å². The third kappa shape index (κ3) is 5.28. The number of carbonyl (C=O) groups is 3. The topological polar surface area (TPSA) is 87.3 Å². The zero-order chi connectivity index (χ0) is 17.0. The second-order valence-electron chi connectivity index (χ2n) is 6.37. The maximum atomic E-state index is 12.0. The highest BCUT2D eigenvalue weighted by Crippen LogP contribution is 2.36. The Morgan fingerprint density at radius 3 is 2.61 bits per heavy atom. The monoisotopic (exact) mass is 335 g/mol. The Morgan fingerprint density at radius 2 is 1.91 bits per heavy atom. The van der Waals surface area contributed by atoms with Gasteiger partial charge in [-0.15, -0.1) is 11.8 Å². The van der Waals surface area contributed by atoms with Crippen LogP contribution in [0.1, 0.15) is 27.2 Å². The van der Waals surface area contributed by atoms with Crippen molar-refractivity contribution in [2.75, 3.05) is 11.9 Å². The number of fused-ring (bicyclic) bond motifs is 1. The molecule has 7 heteroatoms. The van der Waals surface area contributed by atoms with Crippen LogP contribution in [0.15, 0.2) is 29.2 Å². The van der Waals surface area contributed by atoms with Crippen LogP contribution in [-0.2, 0) is 14.4 Å².